The molecule has 21 heavy (non-hydrogen) atoms. The predicted molar refractivity (Wildman–Crippen MR) is 94.1 cm³/mol. The SMILES string of the molecule is CSC1CCCCC1NC1CCCCC1C1CCCCN1. The highest BCUT2D eigenvalue weighted by molar-refractivity contribution is 7.99. The maximum absolute atomic E-state index is 4.15. The summed E-state index contributed by atoms with van der Waals surface area (Å²) in [5, 5.41) is 8.84. The lowest BCUT2D eigenvalue weighted by Crippen LogP contribution is -2.55. The topological polar surface area (TPSA) is 24.1 Å². The highest BCUT2D eigenvalue weighted by Gasteiger charge is 2.35. The molecule has 1 heterocycles. The van der Waals surface area contributed by atoms with Crippen molar-refractivity contribution in [2.24, 2.45) is 5.92 Å². The first-order valence-electron chi connectivity index (χ1n) is 9.40. The van der Waals surface area contributed by atoms with Crippen LogP contribution in [0.25, 0.3) is 0 Å². The minimum atomic E-state index is 0.781. The molecule has 1 aliphatic heterocycles. The monoisotopic (exact) mass is 310 g/mol. The normalized spacial score (nSPS) is 41.9. The van der Waals surface area contributed by atoms with Crippen molar-refractivity contribution < 1.29 is 0 Å². The minimum absolute atomic E-state index is 0.781. The van der Waals surface area contributed by atoms with Gasteiger partial charge in [0, 0.05) is 23.4 Å². The fraction of sp³-hybridized carbons (Fsp3) is 1.00. The molecule has 2 nitrogen and oxygen atoms in total. The standard InChI is InChI=1S/C18H34N2S/c1-21-18-12-5-4-11-17(18)20-16-10-3-2-8-14(16)15-9-6-7-13-19-15/h14-20H,2-13H2,1H3. The van der Waals surface area contributed by atoms with E-state index >= 15 is 0 Å². The van der Waals surface area contributed by atoms with E-state index in [2.05, 4.69) is 28.7 Å². The molecule has 5 unspecified atom stereocenters. The van der Waals surface area contributed by atoms with Crippen molar-refractivity contribution in [1.82, 2.24) is 10.6 Å². The molecule has 1 saturated heterocycles. The van der Waals surface area contributed by atoms with Crippen molar-refractivity contribution in [2.75, 3.05) is 12.8 Å². The van der Waals surface area contributed by atoms with E-state index in [4.69, 9.17) is 0 Å². The van der Waals surface area contributed by atoms with Crippen LogP contribution < -0.4 is 10.6 Å². The molecular formula is C18H34N2S. The molecule has 0 amide bonds. The molecule has 0 aromatic rings. The molecule has 122 valence electrons. The number of nitrogens with one attached hydrogen (secondary N) is 2. The van der Waals surface area contributed by atoms with Crippen molar-refractivity contribution in [1.29, 1.82) is 0 Å². The molecule has 5 atom stereocenters. The van der Waals surface area contributed by atoms with E-state index in [0.717, 1.165) is 29.3 Å². The van der Waals surface area contributed by atoms with E-state index in [9.17, 15) is 0 Å². The average Bonchev–Trinajstić information content (AvgIpc) is 2.57. The third-order valence-corrected chi connectivity index (χ3v) is 7.29. The molecule has 2 aliphatic carbocycles. The maximum Gasteiger partial charge on any atom is 0.0198 e. The van der Waals surface area contributed by atoms with Crippen molar-refractivity contribution >= 4 is 11.8 Å². The van der Waals surface area contributed by atoms with Crippen LogP contribution in [-0.4, -0.2) is 36.2 Å². The van der Waals surface area contributed by atoms with Crippen LogP contribution in [0.1, 0.15) is 70.6 Å². The highest BCUT2D eigenvalue weighted by atomic mass is 32.2. The van der Waals surface area contributed by atoms with Crippen LogP contribution in [0, 0.1) is 5.92 Å². The molecule has 2 saturated carbocycles. The largest absolute Gasteiger partial charge is 0.314 e. The summed E-state index contributed by atoms with van der Waals surface area (Å²) in [7, 11) is 0. The Balaban J connectivity index is 1.60. The van der Waals surface area contributed by atoms with Gasteiger partial charge >= 0.3 is 0 Å². The van der Waals surface area contributed by atoms with Crippen LogP contribution in [0.4, 0.5) is 0 Å². The zero-order chi connectivity index (χ0) is 14.5. The van der Waals surface area contributed by atoms with Crippen LogP contribution in [-0.2, 0) is 0 Å². The Morgan fingerprint density at radius 2 is 1.52 bits per heavy atom. The summed E-state index contributed by atoms with van der Waals surface area (Å²) in [6, 6.07) is 2.36. The molecule has 3 aliphatic rings. The minimum Gasteiger partial charge on any atom is -0.314 e. The van der Waals surface area contributed by atoms with Gasteiger partial charge in [0.1, 0.15) is 0 Å². The van der Waals surface area contributed by atoms with Gasteiger partial charge < -0.3 is 10.6 Å². The Morgan fingerprint density at radius 3 is 2.29 bits per heavy atom. The number of piperidine rings is 1. The Bertz CT molecular complexity index is 304. The van der Waals surface area contributed by atoms with Crippen LogP contribution >= 0.6 is 11.8 Å². The maximum atomic E-state index is 4.15. The van der Waals surface area contributed by atoms with E-state index in [-0.39, 0.29) is 0 Å². The van der Waals surface area contributed by atoms with E-state index in [1.165, 1.54) is 77.2 Å². The summed E-state index contributed by atoms with van der Waals surface area (Å²) in [4.78, 5) is 0. The molecular weight excluding hydrogens is 276 g/mol. The molecule has 0 aromatic heterocycles. The van der Waals surface area contributed by atoms with Gasteiger partial charge in [-0.15, -0.1) is 0 Å². The number of hydrogen-bond acceptors (Lipinski definition) is 3. The lowest BCUT2D eigenvalue weighted by Gasteiger charge is -2.43. The zero-order valence-corrected chi connectivity index (χ0v) is 14.6. The van der Waals surface area contributed by atoms with Crippen LogP contribution in [0.15, 0.2) is 0 Å². The smallest absolute Gasteiger partial charge is 0.0198 e. The Morgan fingerprint density at radius 1 is 0.810 bits per heavy atom. The van der Waals surface area contributed by atoms with Gasteiger partial charge in [0.2, 0.25) is 0 Å². The second kappa shape index (κ2) is 8.21. The molecule has 0 bridgehead atoms. The van der Waals surface area contributed by atoms with E-state index in [0.29, 0.717) is 0 Å². The van der Waals surface area contributed by atoms with Crippen molar-refractivity contribution in [3.63, 3.8) is 0 Å². The second-order valence-corrected chi connectivity index (χ2v) is 8.52. The lowest BCUT2D eigenvalue weighted by atomic mass is 9.76. The van der Waals surface area contributed by atoms with Crippen LogP contribution in [0.5, 0.6) is 0 Å². The molecule has 3 rings (SSSR count). The predicted octanol–water partition coefficient (Wildman–Crippen LogP) is 3.95. The molecule has 2 N–H and O–H groups in total. The third-order valence-electron chi connectivity index (χ3n) is 6.12. The van der Waals surface area contributed by atoms with Crippen LogP contribution in [0.3, 0.4) is 0 Å². The first-order valence-corrected chi connectivity index (χ1v) is 10.7. The number of thioether (sulfide) groups is 1. The fourth-order valence-electron chi connectivity index (χ4n) is 4.94. The summed E-state index contributed by atoms with van der Waals surface area (Å²) in [6.07, 6.45) is 18.0. The first kappa shape index (κ1) is 16.1. The van der Waals surface area contributed by atoms with Gasteiger partial charge in [-0.1, -0.05) is 32.1 Å². The van der Waals surface area contributed by atoms with Crippen LogP contribution in [0.2, 0.25) is 0 Å². The lowest BCUT2D eigenvalue weighted by molar-refractivity contribution is 0.165. The van der Waals surface area contributed by atoms with E-state index < -0.39 is 0 Å². The van der Waals surface area contributed by atoms with Gasteiger partial charge in [-0.25, -0.2) is 0 Å². The third kappa shape index (κ3) is 4.17. The summed E-state index contributed by atoms with van der Waals surface area (Å²) in [5.74, 6) is 0.892. The van der Waals surface area contributed by atoms with Gasteiger partial charge in [-0.3, -0.25) is 0 Å². The van der Waals surface area contributed by atoms with Gasteiger partial charge in [-0.2, -0.15) is 11.8 Å². The Kier molecular flexibility index (Phi) is 6.31. The highest BCUT2D eigenvalue weighted by Crippen LogP contribution is 2.33. The number of rotatable bonds is 4. The molecule has 0 spiro atoms. The number of hydrogen-bond donors (Lipinski definition) is 2. The summed E-state index contributed by atoms with van der Waals surface area (Å²) < 4.78 is 0. The Labute approximate surface area is 135 Å². The average molecular weight is 311 g/mol. The summed E-state index contributed by atoms with van der Waals surface area (Å²) >= 11 is 2.10. The van der Waals surface area contributed by atoms with Gasteiger partial charge in [0.15, 0.2) is 0 Å². The second-order valence-electron chi connectivity index (χ2n) is 7.44. The van der Waals surface area contributed by atoms with Gasteiger partial charge in [0.25, 0.3) is 0 Å². The first-order chi connectivity index (χ1) is 10.4. The Hall–Kier alpha value is 0.270. The van der Waals surface area contributed by atoms with Crippen molar-refractivity contribution in [3.8, 4) is 0 Å². The summed E-state index contributed by atoms with van der Waals surface area (Å²) in [6.45, 7) is 1.25. The molecule has 3 fully saturated rings. The van der Waals surface area contributed by atoms with Crippen molar-refractivity contribution in [2.45, 2.75) is 94.0 Å². The van der Waals surface area contributed by atoms with Gasteiger partial charge in [0.05, 0.1) is 0 Å². The quantitative estimate of drug-likeness (QED) is 0.822. The zero-order valence-electron chi connectivity index (χ0n) is 13.8. The fourth-order valence-corrected chi connectivity index (χ4v) is 5.88. The van der Waals surface area contributed by atoms with E-state index in [1.807, 2.05) is 0 Å². The molecule has 0 aromatic carbocycles. The molecule has 3 heteroatoms. The molecule has 0 radical (unpaired) electrons. The van der Waals surface area contributed by atoms with Gasteiger partial charge in [-0.05, 0) is 57.2 Å². The van der Waals surface area contributed by atoms with Crippen molar-refractivity contribution in [3.05, 3.63) is 0 Å². The van der Waals surface area contributed by atoms with E-state index in [1.54, 1.807) is 0 Å². The summed E-state index contributed by atoms with van der Waals surface area (Å²) in [5.41, 5.74) is 0.